The van der Waals surface area contributed by atoms with Crippen molar-refractivity contribution in [1.82, 2.24) is 20.3 Å². The molecule has 0 spiro atoms. The van der Waals surface area contributed by atoms with E-state index in [4.69, 9.17) is 16.3 Å². The molecule has 1 atom stereocenters. The Hall–Kier alpha value is -2.78. The average Bonchev–Trinajstić information content (AvgIpc) is 3.52. The normalized spacial score (nSPS) is 22.6. The number of hydrogen-bond acceptors (Lipinski definition) is 6. The van der Waals surface area contributed by atoms with E-state index in [1.165, 1.54) is 12.5 Å². The number of aromatic nitrogens is 3. The second kappa shape index (κ2) is 10.9. The average molecular weight is 474 g/mol. The Labute approximate surface area is 197 Å². The standard InChI is InChI=1S/C23H28ClN5O4/c24-17-9-10-25-12-18(17)29-22(31)14-3-5-15(6-4-14)28-23(32)21-20(26-13-27-21)19(30)8-7-16-2-1-11-33-16/h9-10,12-16H,1-8,11H2,(H,26,27)(H,28,32)(H,29,31). The molecule has 9 nitrogen and oxygen atoms in total. The highest BCUT2D eigenvalue weighted by atomic mass is 35.5. The number of carbonyl (C=O) groups is 3. The molecule has 3 heterocycles. The van der Waals surface area contributed by atoms with Crippen LogP contribution in [-0.2, 0) is 9.53 Å². The third kappa shape index (κ3) is 5.97. The third-order valence-corrected chi connectivity index (χ3v) is 6.64. The Balaban J connectivity index is 1.25. The summed E-state index contributed by atoms with van der Waals surface area (Å²) < 4.78 is 5.57. The van der Waals surface area contributed by atoms with Crippen molar-refractivity contribution < 1.29 is 19.1 Å². The Morgan fingerprint density at radius 3 is 2.73 bits per heavy atom. The maximum atomic E-state index is 12.8. The highest BCUT2D eigenvalue weighted by Gasteiger charge is 2.29. The summed E-state index contributed by atoms with van der Waals surface area (Å²) in [5.41, 5.74) is 0.862. The summed E-state index contributed by atoms with van der Waals surface area (Å²) in [4.78, 5) is 48.8. The summed E-state index contributed by atoms with van der Waals surface area (Å²) in [6, 6.07) is 1.56. The van der Waals surface area contributed by atoms with Crippen molar-refractivity contribution in [3.8, 4) is 0 Å². The van der Waals surface area contributed by atoms with Gasteiger partial charge in [0.2, 0.25) is 5.91 Å². The van der Waals surface area contributed by atoms with Gasteiger partial charge in [0.05, 0.1) is 29.3 Å². The fourth-order valence-corrected chi connectivity index (χ4v) is 4.58. The molecule has 1 aliphatic carbocycles. The number of hydrogen-bond donors (Lipinski definition) is 3. The number of anilines is 1. The van der Waals surface area contributed by atoms with E-state index >= 15 is 0 Å². The molecule has 33 heavy (non-hydrogen) atoms. The van der Waals surface area contributed by atoms with Crippen molar-refractivity contribution in [3.63, 3.8) is 0 Å². The molecular weight excluding hydrogens is 446 g/mol. The maximum absolute atomic E-state index is 12.8. The summed E-state index contributed by atoms with van der Waals surface area (Å²) >= 11 is 6.08. The second-order valence-corrected chi connectivity index (χ2v) is 9.00. The van der Waals surface area contributed by atoms with Crippen LogP contribution < -0.4 is 10.6 Å². The van der Waals surface area contributed by atoms with Crippen LogP contribution >= 0.6 is 11.6 Å². The zero-order chi connectivity index (χ0) is 23.2. The minimum absolute atomic E-state index is 0.0679. The molecule has 0 bridgehead atoms. The molecule has 2 aromatic heterocycles. The van der Waals surface area contributed by atoms with Gasteiger partial charge in [0.1, 0.15) is 11.4 Å². The van der Waals surface area contributed by atoms with Crippen LogP contribution in [0.1, 0.15) is 72.3 Å². The number of aromatic amines is 1. The van der Waals surface area contributed by atoms with Gasteiger partial charge in [-0.3, -0.25) is 19.4 Å². The molecule has 0 radical (unpaired) electrons. The van der Waals surface area contributed by atoms with Crippen molar-refractivity contribution in [3.05, 3.63) is 41.2 Å². The molecule has 1 aliphatic heterocycles. The number of ether oxygens (including phenoxy) is 1. The van der Waals surface area contributed by atoms with E-state index in [1.807, 2.05) is 0 Å². The molecule has 10 heteroatoms. The molecular formula is C23H28ClN5O4. The number of ketones is 1. The van der Waals surface area contributed by atoms with Gasteiger partial charge in [-0.2, -0.15) is 0 Å². The van der Waals surface area contributed by atoms with Crippen LogP contribution in [0.5, 0.6) is 0 Å². The molecule has 3 N–H and O–H groups in total. The van der Waals surface area contributed by atoms with Crippen molar-refractivity contribution in [2.24, 2.45) is 5.92 Å². The number of nitrogens with one attached hydrogen (secondary N) is 3. The van der Waals surface area contributed by atoms with Crippen LogP contribution in [0.15, 0.2) is 24.8 Å². The molecule has 176 valence electrons. The van der Waals surface area contributed by atoms with Crippen LogP contribution in [0.2, 0.25) is 5.02 Å². The van der Waals surface area contributed by atoms with E-state index in [0.29, 0.717) is 49.2 Å². The van der Waals surface area contributed by atoms with Gasteiger partial charge >= 0.3 is 0 Å². The number of rotatable bonds is 8. The van der Waals surface area contributed by atoms with E-state index in [1.54, 1.807) is 12.3 Å². The van der Waals surface area contributed by atoms with Crippen molar-refractivity contribution in [2.45, 2.75) is 63.5 Å². The van der Waals surface area contributed by atoms with Crippen molar-refractivity contribution in [1.29, 1.82) is 0 Å². The minimum atomic E-state index is -0.344. The zero-order valence-electron chi connectivity index (χ0n) is 18.3. The summed E-state index contributed by atoms with van der Waals surface area (Å²) in [5, 5.41) is 6.26. The summed E-state index contributed by atoms with van der Waals surface area (Å²) in [7, 11) is 0. The van der Waals surface area contributed by atoms with E-state index in [9.17, 15) is 14.4 Å². The first-order valence-electron chi connectivity index (χ1n) is 11.4. The SMILES string of the molecule is O=C(CCC1CCCO1)c1nc[nH]c1C(=O)NC1CCC(C(=O)Nc2cnccc2Cl)CC1. The van der Waals surface area contributed by atoms with Crippen LogP contribution in [0.3, 0.4) is 0 Å². The van der Waals surface area contributed by atoms with Gasteiger partial charge in [-0.15, -0.1) is 0 Å². The van der Waals surface area contributed by atoms with Gasteiger partial charge in [-0.05, 0) is 51.0 Å². The number of imidazole rings is 1. The van der Waals surface area contributed by atoms with Gasteiger partial charge < -0.3 is 20.4 Å². The lowest BCUT2D eigenvalue weighted by molar-refractivity contribution is -0.120. The fourth-order valence-electron chi connectivity index (χ4n) is 4.42. The molecule has 2 aromatic rings. The first-order chi connectivity index (χ1) is 16.0. The molecule has 1 saturated carbocycles. The summed E-state index contributed by atoms with van der Waals surface area (Å²) in [6.07, 6.45) is 10.1. The molecule has 0 aromatic carbocycles. The Bertz CT molecular complexity index is 996. The molecule has 1 saturated heterocycles. The van der Waals surface area contributed by atoms with E-state index in [2.05, 4.69) is 25.6 Å². The Kier molecular flexibility index (Phi) is 7.72. The smallest absolute Gasteiger partial charge is 0.270 e. The van der Waals surface area contributed by atoms with Crippen LogP contribution in [0, 0.1) is 5.92 Å². The van der Waals surface area contributed by atoms with Crippen LogP contribution in [-0.4, -0.2) is 51.3 Å². The predicted octanol–water partition coefficient (Wildman–Crippen LogP) is 3.53. The number of amides is 2. The van der Waals surface area contributed by atoms with Gasteiger partial charge in [-0.25, -0.2) is 4.98 Å². The first kappa shape index (κ1) is 23.4. The monoisotopic (exact) mass is 473 g/mol. The maximum Gasteiger partial charge on any atom is 0.270 e. The van der Waals surface area contributed by atoms with Gasteiger partial charge in [0.25, 0.3) is 5.91 Å². The quantitative estimate of drug-likeness (QED) is 0.503. The highest BCUT2D eigenvalue weighted by molar-refractivity contribution is 6.33. The number of carbonyl (C=O) groups excluding carboxylic acids is 3. The lowest BCUT2D eigenvalue weighted by Gasteiger charge is -2.28. The molecule has 4 rings (SSSR count). The molecule has 2 fully saturated rings. The Morgan fingerprint density at radius 1 is 1.18 bits per heavy atom. The first-order valence-corrected chi connectivity index (χ1v) is 11.8. The molecule has 2 amide bonds. The van der Waals surface area contributed by atoms with Gasteiger partial charge in [0, 0.05) is 31.2 Å². The fraction of sp³-hybridized carbons (Fsp3) is 0.522. The van der Waals surface area contributed by atoms with E-state index in [0.717, 1.165) is 19.4 Å². The van der Waals surface area contributed by atoms with Crippen LogP contribution in [0.4, 0.5) is 5.69 Å². The summed E-state index contributed by atoms with van der Waals surface area (Å²) in [5.74, 6) is -0.756. The third-order valence-electron chi connectivity index (χ3n) is 6.31. The lowest BCUT2D eigenvalue weighted by atomic mass is 9.85. The number of pyridine rings is 1. The second-order valence-electron chi connectivity index (χ2n) is 8.59. The highest BCUT2D eigenvalue weighted by Crippen LogP contribution is 2.27. The van der Waals surface area contributed by atoms with Gasteiger partial charge in [0.15, 0.2) is 5.78 Å². The summed E-state index contributed by atoms with van der Waals surface area (Å²) in [6.45, 7) is 0.746. The van der Waals surface area contributed by atoms with Gasteiger partial charge in [-0.1, -0.05) is 11.6 Å². The van der Waals surface area contributed by atoms with Crippen molar-refractivity contribution >= 4 is 34.9 Å². The minimum Gasteiger partial charge on any atom is -0.378 e. The Morgan fingerprint density at radius 2 is 2.00 bits per heavy atom. The number of halogens is 1. The zero-order valence-corrected chi connectivity index (χ0v) is 19.1. The predicted molar refractivity (Wildman–Crippen MR) is 122 cm³/mol. The van der Waals surface area contributed by atoms with Crippen LogP contribution in [0.25, 0.3) is 0 Å². The number of Topliss-reactive ketones (excluding diaryl/α,β-unsaturated/α-hetero) is 1. The van der Waals surface area contributed by atoms with Crippen molar-refractivity contribution in [2.75, 3.05) is 11.9 Å². The number of H-pyrrole nitrogens is 1. The topological polar surface area (TPSA) is 126 Å². The van der Waals surface area contributed by atoms with E-state index in [-0.39, 0.29) is 47.0 Å². The molecule has 1 unspecified atom stereocenters. The lowest BCUT2D eigenvalue weighted by Crippen LogP contribution is -2.40. The largest absolute Gasteiger partial charge is 0.378 e. The molecule has 2 aliphatic rings. The number of nitrogens with zero attached hydrogens (tertiary/aromatic N) is 2. The van der Waals surface area contributed by atoms with E-state index < -0.39 is 0 Å².